The van der Waals surface area contributed by atoms with Crippen LogP contribution in [0.4, 0.5) is 0 Å². The molecule has 1 aliphatic heterocycles. The fourth-order valence-electron chi connectivity index (χ4n) is 2.02. The van der Waals surface area contributed by atoms with Crippen LogP contribution in [0.5, 0.6) is 0 Å². The molecule has 1 aliphatic rings. The molecule has 0 atom stereocenters. The van der Waals surface area contributed by atoms with Gasteiger partial charge in [0.05, 0.1) is 0 Å². The Labute approximate surface area is 113 Å². The van der Waals surface area contributed by atoms with Crippen LogP contribution in [0, 0.1) is 0 Å². The zero-order chi connectivity index (χ0) is 11.2. The maximum absolute atomic E-state index is 4.45. The highest BCUT2D eigenvalue weighted by Gasteiger charge is 2.15. The van der Waals surface area contributed by atoms with E-state index < -0.39 is 0 Å². The molecule has 0 unspecified atom stereocenters. The van der Waals surface area contributed by atoms with Crippen molar-refractivity contribution in [2.75, 3.05) is 13.1 Å². The molecule has 0 amide bonds. The molecule has 1 aromatic carbocycles. The molecule has 16 heavy (non-hydrogen) atoms. The van der Waals surface area contributed by atoms with Crippen LogP contribution >= 0.6 is 30.3 Å². The van der Waals surface area contributed by atoms with Gasteiger partial charge >= 0.3 is 0 Å². The number of hydrogen-bond acceptors (Lipinski definition) is 3. The summed E-state index contributed by atoms with van der Waals surface area (Å²) in [6, 6.07) is 10.7. The van der Waals surface area contributed by atoms with E-state index in [0.717, 1.165) is 13.1 Å². The Morgan fingerprint density at radius 1 is 1.31 bits per heavy atom. The van der Waals surface area contributed by atoms with Crippen molar-refractivity contribution in [1.82, 2.24) is 4.90 Å². The molecule has 1 fully saturated rings. The molecule has 1 saturated heterocycles. The first kappa shape index (κ1) is 12.4. The molecule has 2 nitrogen and oxygen atoms in total. The van der Waals surface area contributed by atoms with Crippen molar-refractivity contribution in [1.29, 1.82) is 0 Å². The van der Waals surface area contributed by atoms with Crippen LogP contribution in [-0.2, 0) is 6.54 Å². The molecule has 1 aromatic rings. The Bertz CT molecular complexity index is 353. The fraction of sp³-hybridized carbons (Fsp3) is 0.417. The summed E-state index contributed by atoms with van der Waals surface area (Å²) in [6.45, 7) is 3.27. The number of halogens is 1. The average Bonchev–Trinajstić information content (AvgIpc) is 2.31. The minimum atomic E-state index is 1.03. The summed E-state index contributed by atoms with van der Waals surface area (Å²) in [4.78, 5) is 2.48. The number of piperidine rings is 1. The van der Waals surface area contributed by atoms with Gasteiger partial charge in [0.25, 0.3) is 0 Å². The Morgan fingerprint density at radius 2 is 2.12 bits per heavy atom. The molecular formula is C12H15IN2S. The number of hydrogen-bond donors (Lipinski definition) is 0. The van der Waals surface area contributed by atoms with Gasteiger partial charge < -0.3 is 0 Å². The van der Waals surface area contributed by atoms with E-state index in [9.17, 15) is 0 Å². The Balaban J connectivity index is 1.93. The van der Waals surface area contributed by atoms with Crippen LogP contribution in [0.2, 0.25) is 0 Å². The van der Waals surface area contributed by atoms with E-state index in [0.29, 0.717) is 0 Å². The summed E-state index contributed by atoms with van der Waals surface area (Å²) in [5, 5.41) is 0. The third-order valence-corrected chi connectivity index (χ3v) is 3.68. The van der Waals surface area contributed by atoms with E-state index in [-0.39, 0.29) is 0 Å². The Hall–Kier alpha value is -0.0700. The molecule has 1 heterocycles. The summed E-state index contributed by atoms with van der Waals surface area (Å²) < 4.78 is 4.45. The van der Waals surface area contributed by atoms with Gasteiger partial charge in [-0.3, -0.25) is 4.90 Å². The van der Waals surface area contributed by atoms with Gasteiger partial charge in [-0.05, 0) is 24.9 Å². The van der Waals surface area contributed by atoms with Gasteiger partial charge in [-0.1, -0.05) is 30.3 Å². The highest BCUT2D eigenvalue weighted by atomic mass is 127. The number of benzene rings is 1. The summed E-state index contributed by atoms with van der Waals surface area (Å²) in [5.41, 5.74) is 2.73. The predicted molar refractivity (Wildman–Crippen MR) is 80.0 cm³/mol. The zero-order valence-corrected chi connectivity index (χ0v) is 12.1. The lowest BCUT2D eigenvalue weighted by Crippen LogP contribution is -2.34. The monoisotopic (exact) mass is 346 g/mol. The van der Waals surface area contributed by atoms with Crippen LogP contribution in [0.3, 0.4) is 0 Å². The van der Waals surface area contributed by atoms with Crippen molar-refractivity contribution < 1.29 is 0 Å². The maximum Gasteiger partial charge on any atom is 0.0468 e. The van der Waals surface area contributed by atoms with Crippen molar-refractivity contribution in [2.45, 2.75) is 19.4 Å². The van der Waals surface area contributed by atoms with Gasteiger partial charge in [-0.25, -0.2) is 4.40 Å². The van der Waals surface area contributed by atoms with Crippen molar-refractivity contribution in [3.63, 3.8) is 0 Å². The summed E-state index contributed by atoms with van der Waals surface area (Å²) in [7, 11) is 1.55. The first-order chi connectivity index (χ1) is 7.88. The zero-order valence-electron chi connectivity index (χ0n) is 9.10. The van der Waals surface area contributed by atoms with E-state index in [4.69, 9.17) is 0 Å². The second kappa shape index (κ2) is 6.61. The lowest BCUT2D eigenvalue weighted by Gasteiger charge is -2.27. The Kier molecular flexibility index (Phi) is 5.12. The summed E-state index contributed by atoms with van der Waals surface area (Å²) in [6.07, 6.45) is 2.41. The predicted octanol–water partition coefficient (Wildman–Crippen LogP) is 3.72. The van der Waals surface area contributed by atoms with E-state index in [2.05, 4.69) is 60.8 Å². The highest BCUT2D eigenvalue weighted by Crippen LogP contribution is 2.18. The third-order valence-electron chi connectivity index (χ3n) is 2.76. The standard InChI is InChI=1S/C12H15IN2S/c13-16-14-12-7-4-8-15(10-12)9-11-5-2-1-3-6-11/h1-3,5-6H,4,7-10H2/b14-12-. The number of nitrogens with zero attached hydrogens (tertiary/aromatic N) is 2. The molecule has 0 spiro atoms. The van der Waals surface area contributed by atoms with Crippen molar-refractivity contribution in [2.24, 2.45) is 4.40 Å². The maximum atomic E-state index is 4.45. The fourth-order valence-corrected chi connectivity index (χ4v) is 3.11. The van der Waals surface area contributed by atoms with Gasteiger partial charge in [0, 0.05) is 49.1 Å². The van der Waals surface area contributed by atoms with Crippen LogP contribution in [0.25, 0.3) is 0 Å². The van der Waals surface area contributed by atoms with Gasteiger partial charge in [-0.15, -0.1) is 0 Å². The molecule has 0 bridgehead atoms. The molecule has 0 N–H and O–H groups in total. The molecule has 0 aromatic heterocycles. The van der Waals surface area contributed by atoms with Crippen LogP contribution in [0.15, 0.2) is 34.7 Å². The first-order valence-corrected chi connectivity index (χ1v) is 8.80. The molecule has 0 saturated carbocycles. The average molecular weight is 346 g/mol. The van der Waals surface area contributed by atoms with Gasteiger partial charge in [0.15, 0.2) is 0 Å². The first-order valence-electron chi connectivity index (χ1n) is 5.48. The third kappa shape index (κ3) is 3.75. The smallest absolute Gasteiger partial charge is 0.0468 e. The van der Waals surface area contributed by atoms with Gasteiger partial charge in [0.1, 0.15) is 0 Å². The minimum absolute atomic E-state index is 1.03. The molecule has 0 radical (unpaired) electrons. The molecule has 86 valence electrons. The second-order valence-corrected chi connectivity index (χ2v) is 5.53. The molecule has 2 rings (SSSR count). The summed E-state index contributed by atoms with van der Waals surface area (Å²) in [5.74, 6) is 0. The quantitative estimate of drug-likeness (QED) is 0.612. The number of likely N-dealkylation sites (tertiary alicyclic amines) is 1. The van der Waals surface area contributed by atoms with Crippen LogP contribution < -0.4 is 0 Å². The van der Waals surface area contributed by atoms with E-state index >= 15 is 0 Å². The summed E-state index contributed by atoms with van der Waals surface area (Å²) >= 11 is 2.23. The van der Waals surface area contributed by atoms with Crippen LogP contribution in [0.1, 0.15) is 18.4 Å². The molecule has 4 heteroatoms. The highest BCUT2D eigenvalue weighted by molar-refractivity contribution is 14.2. The van der Waals surface area contributed by atoms with Crippen molar-refractivity contribution >= 4 is 36.0 Å². The number of rotatable bonds is 3. The largest absolute Gasteiger partial charge is 0.294 e. The lowest BCUT2D eigenvalue weighted by molar-refractivity contribution is 0.284. The van der Waals surface area contributed by atoms with Crippen molar-refractivity contribution in [3.8, 4) is 0 Å². The normalized spacial score (nSPS) is 20.2. The minimum Gasteiger partial charge on any atom is -0.294 e. The molecular weight excluding hydrogens is 331 g/mol. The van der Waals surface area contributed by atoms with E-state index in [1.54, 1.807) is 9.12 Å². The van der Waals surface area contributed by atoms with E-state index in [1.165, 1.54) is 30.7 Å². The lowest BCUT2D eigenvalue weighted by atomic mass is 10.1. The molecule has 0 aliphatic carbocycles. The van der Waals surface area contributed by atoms with Gasteiger partial charge in [0.2, 0.25) is 0 Å². The van der Waals surface area contributed by atoms with Crippen LogP contribution in [-0.4, -0.2) is 23.7 Å². The van der Waals surface area contributed by atoms with Gasteiger partial charge in [-0.2, -0.15) is 0 Å². The van der Waals surface area contributed by atoms with Crippen molar-refractivity contribution in [3.05, 3.63) is 35.9 Å². The topological polar surface area (TPSA) is 15.6 Å². The van der Waals surface area contributed by atoms with E-state index in [1.807, 2.05) is 0 Å². The second-order valence-electron chi connectivity index (χ2n) is 4.03. The Morgan fingerprint density at radius 3 is 2.88 bits per heavy atom. The SMILES string of the molecule is IS/N=C1/CCCN(Cc2ccccc2)C1.